The largest absolute Gasteiger partial charge is 0.494 e. The molecule has 0 saturated heterocycles. The molecule has 0 aliphatic rings. The molecule has 2 nitrogen and oxygen atoms in total. The maximum atomic E-state index is 13.2. The number of nitrogens with one attached hydrogen (secondary N) is 1. The molecule has 2 rings (SSSR count). The van der Waals surface area contributed by atoms with Gasteiger partial charge in [-0.3, -0.25) is 0 Å². The lowest BCUT2D eigenvalue weighted by Crippen LogP contribution is -2.01. The quantitative estimate of drug-likeness (QED) is 0.801. The molecule has 0 heterocycles. The molecule has 0 spiro atoms. The molecule has 0 aromatic heterocycles. The Morgan fingerprint density at radius 1 is 1.20 bits per heavy atom. The molecule has 2 aromatic carbocycles. The Labute approximate surface area is 127 Å². The minimum Gasteiger partial charge on any atom is -0.494 e. The fourth-order valence-electron chi connectivity index (χ4n) is 1.79. The highest BCUT2D eigenvalue weighted by atomic mass is 79.9. The lowest BCUT2D eigenvalue weighted by Gasteiger charge is -2.10. The topological polar surface area (TPSA) is 21.3 Å². The summed E-state index contributed by atoms with van der Waals surface area (Å²) in [7, 11) is 0. The Balaban J connectivity index is 2.01. The van der Waals surface area contributed by atoms with Gasteiger partial charge in [-0.15, -0.1) is 0 Å². The third-order valence-corrected chi connectivity index (χ3v) is 3.57. The summed E-state index contributed by atoms with van der Waals surface area (Å²) < 4.78 is 19.7. The van der Waals surface area contributed by atoms with E-state index in [0.717, 1.165) is 27.9 Å². The van der Waals surface area contributed by atoms with E-state index in [1.54, 1.807) is 6.07 Å². The molecule has 20 heavy (non-hydrogen) atoms. The fraction of sp³-hybridized carbons (Fsp3) is 0.250. The first kappa shape index (κ1) is 14.9. The Morgan fingerprint density at radius 3 is 2.85 bits per heavy atom. The summed E-state index contributed by atoms with van der Waals surface area (Å²) in [5.74, 6) is 0.611. The van der Waals surface area contributed by atoms with E-state index in [9.17, 15) is 4.39 Å². The molecule has 4 heteroatoms. The van der Waals surface area contributed by atoms with E-state index in [1.165, 1.54) is 12.1 Å². The van der Waals surface area contributed by atoms with Crippen LogP contribution >= 0.6 is 15.9 Å². The van der Waals surface area contributed by atoms with Crippen LogP contribution in [0.1, 0.15) is 18.9 Å². The number of rotatable bonds is 6. The van der Waals surface area contributed by atoms with Crippen LogP contribution in [0.5, 0.6) is 5.75 Å². The molecule has 0 aliphatic carbocycles. The average Bonchev–Trinajstić information content (AvgIpc) is 2.46. The SMILES string of the molecule is CCCOc1cccc(NCc2cc(F)ccc2Br)c1. The van der Waals surface area contributed by atoms with Crippen molar-refractivity contribution < 1.29 is 9.13 Å². The first-order chi connectivity index (χ1) is 9.69. The smallest absolute Gasteiger partial charge is 0.123 e. The van der Waals surface area contributed by atoms with E-state index >= 15 is 0 Å². The minimum atomic E-state index is -0.231. The molecular weight excluding hydrogens is 321 g/mol. The molecule has 2 aromatic rings. The maximum Gasteiger partial charge on any atom is 0.123 e. The summed E-state index contributed by atoms with van der Waals surface area (Å²) in [5.41, 5.74) is 1.83. The second-order valence-electron chi connectivity index (χ2n) is 4.47. The summed E-state index contributed by atoms with van der Waals surface area (Å²) >= 11 is 3.42. The van der Waals surface area contributed by atoms with Crippen LogP contribution in [0.4, 0.5) is 10.1 Å². The van der Waals surface area contributed by atoms with Gasteiger partial charge >= 0.3 is 0 Å². The highest BCUT2D eigenvalue weighted by Crippen LogP contribution is 2.21. The lowest BCUT2D eigenvalue weighted by atomic mass is 10.2. The number of benzene rings is 2. The highest BCUT2D eigenvalue weighted by molar-refractivity contribution is 9.10. The van der Waals surface area contributed by atoms with Gasteiger partial charge in [0.05, 0.1) is 6.61 Å². The van der Waals surface area contributed by atoms with Gasteiger partial charge in [0.2, 0.25) is 0 Å². The zero-order valence-corrected chi connectivity index (χ0v) is 12.9. The predicted molar refractivity (Wildman–Crippen MR) is 83.7 cm³/mol. The van der Waals surface area contributed by atoms with Gasteiger partial charge in [0.1, 0.15) is 11.6 Å². The van der Waals surface area contributed by atoms with E-state index in [4.69, 9.17) is 4.74 Å². The molecule has 0 unspecified atom stereocenters. The zero-order valence-electron chi connectivity index (χ0n) is 11.3. The van der Waals surface area contributed by atoms with Gasteiger partial charge in [-0.1, -0.05) is 28.9 Å². The van der Waals surface area contributed by atoms with E-state index in [-0.39, 0.29) is 5.82 Å². The summed E-state index contributed by atoms with van der Waals surface area (Å²) in [6.45, 7) is 3.33. The van der Waals surface area contributed by atoms with E-state index in [0.29, 0.717) is 13.2 Å². The van der Waals surface area contributed by atoms with Crippen molar-refractivity contribution >= 4 is 21.6 Å². The number of anilines is 1. The molecule has 0 amide bonds. The van der Waals surface area contributed by atoms with Gasteiger partial charge in [-0.25, -0.2) is 4.39 Å². The Kier molecular flexibility index (Phi) is 5.41. The van der Waals surface area contributed by atoms with Gasteiger partial charge in [0.15, 0.2) is 0 Å². The van der Waals surface area contributed by atoms with Crippen LogP contribution in [0.3, 0.4) is 0 Å². The van der Waals surface area contributed by atoms with Crippen molar-refractivity contribution in [2.24, 2.45) is 0 Å². The normalized spacial score (nSPS) is 10.3. The predicted octanol–water partition coefficient (Wildman–Crippen LogP) is 4.99. The van der Waals surface area contributed by atoms with Gasteiger partial charge in [0, 0.05) is 22.8 Å². The van der Waals surface area contributed by atoms with Crippen molar-refractivity contribution in [3.63, 3.8) is 0 Å². The van der Waals surface area contributed by atoms with Gasteiger partial charge in [0.25, 0.3) is 0 Å². The second kappa shape index (κ2) is 7.29. The molecular formula is C16H17BrFNO. The molecule has 0 aliphatic heterocycles. The van der Waals surface area contributed by atoms with Crippen LogP contribution in [0.2, 0.25) is 0 Å². The standard InChI is InChI=1S/C16H17BrFNO/c1-2-8-20-15-5-3-4-14(10-15)19-11-12-9-13(18)6-7-16(12)17/h3-7,9-10,19H,2,8,11H2,1H3. The third-order valence-electron chi connectivity index (χ3n) is 2.80. The monoisotopic (exact) mass is 337 g/mol. The number of ether oxygens (including phenoxy) is 1. The summed E-state index contributed by atoms with van der Waals surface area (Å²) in [6.07, 6.45) is 0.980. The number of hydrogen-bond acceptors (Lipinski definition) is 2. The Bertz CT molecular complexity index is 574. The van der Waals surface area contributed by atoms with Gasteiger partial charge in [-0.2, -0.15) is 0 Å². The van der Waals surface area contributed by atoms with Crippen LogP contribution in [0.15, 0.2) is 46.9 Å². The molecule has 0 saturated carbocycles. The molecule has 1 N–H and O–H groups in total. The van der Waals surface area contributed by atoms with Crippen molar-refractivity contribution in [2.45, 2.75) is 19.9 Å². The maximum absolute atomic E-state index is 13.2. The van der Waals surface area contributed by atoms with Crippen molar-refractivity contribution in [3.8, 4) is 5.75 Å². The van der Waals surface area contributed by atoms with E-state index in [2.05, 4.69) is 28.2 Å². The first-order valence-electron chi connectivity index (χ1n) is 6.59. The van der Waals surface area contributed by atoms with Crippen molar-refractivity contribution in [1.82, 2.24) is 0 Å². The first-order valence-corrected chi connectivity index (χ1v) is 7.39. The molecule has 106 valence electrons. The zero-order chi connectivity index (χ0) is 14.4. The molecule has 0 bridgehead atoms. The van der Waals surface area contributed by atoms with Crippen LogP contribution in [-0.2, 0) is 6.54 Å². The fourth-order valence-corrected chi connectivity index (χ4v) is 2.18. The van der Waals surface area contributed by atoms with Crippen molar-refractivity contribution in [3.05, 3.63) is 58.3 Å². The van der Waals surface area contributed by atoms with Crippen LogP contribution in [0.25, 0.3) is 0 Å². The Hall–Kier alpha value is -1.55. The lowest BCUT2D eigenvalue weighted by molar-refractivity contribution is 0.317. The second-order valence-corrected chi connectivity index (χ2v) is 5.32. The molecule has 0 fully saturated rings. The Morgan fingerprint density at radius 2 is 2.05 bits per heavy atom. The molecule has 0 radical (unpaired) electrons. The van der Waals surface area contributed by atoms with Gasteiger partial charge < -0.3 is 10.1 Å². The summed E-state index contributed by atoms with van der Waals surface area (Å²) in [5, 5.41) is 3.27. The third kappa shape index (κ3) is 4.23. The summed E-state index contributed by atoms with van der Waals surface area (Å²) in [6, 6.07) is 12.5. The molecule has 0 atom stereocenters. The van der Waals surface area contributed by atoms with Crippen LogP contribution in [-0.4, -0.2) is 6.61 Å². The van der Waals surface area contributed by atoms with E-state index in [1.807, 2.05) is 24.3 Å². The number of hydrogen-bond donors (Lipinski definition) is 1. The average molecular weight is 338 g/mol. The highest BCUT2D eigenvalue weighted by Gasteiger charge is 2.02. The minimum absolute atomic E-state index is 0.231. The number of halogens is 2. The summed E-state index contributed by atoms with van der Waals surface area (Å²) in [4.78, 5) is 0. The van der Waals surface area contributed by atoms with Crippen LogP contribution in [0, 0.1) is 5.82 Å². The van der Waals surface area contributed by atoms with Gasteiger partial charge in [-0.05, 0) is 42.3 Å². The van der Waals surface area contributed by atoms with Crippen LogP contribution < -0.4 is 10.1 Å². The van der Waals surface area contributed by atoms with Crippen molar-refractivity contribution in [2.75, 3.05) is 11.9 Å². The van der Waals surface area contributed by atoms with Crippen molar-refractivity contribution in [1.29, 1.82) is 0 Å². The van der Waals surface area contributed by atoms with E-state index < -0.39 is 0 Å².